The minimum absolute atomic E-state index is 0.00872. The van der Waals surface area contributed by atoms with Crippen LogP contribution in [0.2, 0.25) is 0 Å². The maximum absolute atomic E-state index is 12.2. The standard InChI is InChI=1S/C21H19NO2/c1-2-24-20-10-8-19(9-11-20)22-14-12-17(13-15-22)16-21(23)18-6-4-3-5-7-18/h3-16H,2H2,1H3. The summed E-state index contributed by atoms with van der Waals surface area (Å²) in [7, 11) is 0. The smallest absolute Gasteiger partial charge is 0.186 e. The lowest BCUT2D eigenvalue weighted by atomic mass is 10.1. The topological polar surface area (TPSA) is 29.5 Å². The Balaban J connectivity index is 1.69. The number of hydrogen-bond donors (Lipinski definition) is 0. The second kappa shape index (κ2) is 7.47. The first-order chi connectivity index (χ1) is 11.8. The van der Waals surface area contributed by atoms with Crippen molar-refractivity contribution in [2.24, 2.45) is 0 Å². The van der Waals surface area contributed by atoms with Gasteiger partial charge in [0.1, 0.15) is 5.75 Å². The van der Waals surface area contributed by atoms with Gasteiger partial charge in [-0.2, -0.15) is 0 Å². The molecule has 1 aliphatic rings. The molecule has 0 aromatic heterocycles. The Kier molecular flexibility index (Phi) is 4.92. The number of rotatable bonds is 5. The van der Waals surface area contributed by atoms with Crippen molar-refractivity contribution < 1.29 is 9.53 Å². The van der Waals surface area contributed by atoms with E-state index in [1.807, 2.05) is 91.0 Å². The molecule has 0 amide bonds. The second-order valence-corrected chi connectivity index (χ2v) is 5.34. The number of hydrogen-bond acceptors (Lipinski definition) is 3. The van der Waals surface area contributed by atoms with Crippen molar-refractivity contribution in [1.29, 1.82) is 0 Å². The maximum atomic E-state index is 12.2. The lowest BCUT2D eigenvalue weighted by Crippen LogP contribution is -2.10. The fraction of sp³-hybridized carbons (Fsp3) is 0.0952. The van der Waals surface area contributed by atoms with Crippen LogP contribution in [0.1, 0.15) is 17.3 Å². The maximum Gasteiger partial charge on any atom is 0.186 e. The number of nitrogens with zero attached hydrogens (tertiary/aromatic N) is 1. The molecule has 1 heterocycles. The van der Waals surface area contributed by atoms with E-state index in [2.05, 4.69) is 0 Å². The predicted octanol–water partition coefficient (Wildman–Crippen LogP) is 4.74. The van der Waals surface area contributed by atoms with E-state index in [9.17, 15) is 4.79 Å². The highest BCUT2D eigenvalue weighted by molar-refractivity contribution is 6.05. The van der Waals surface area contributed by atoms with Gasteiger partial charge in [-0.15, -0.1) is 0 Å². The zero-order valence-electron chi connectivity index (χ0n) is 13.6. The Morgan fingerprint density at radius 3 is 2.29 bits per heavy atom. The molecule has 0 bridgehead atoms. The molecular weight excluding hydrogens is 298 g/mol. The molecule has 3 rings (SSSR count). The number of anilines is 1. The number of carbonyl (C=O) groups excluding carboxylic acids is 1. The van der Waals surface area contributed by atoms with Crippen LogP contribution in [-0.2, 0) is 0 Å². The summed E-state index contributed by atoms with van der Waals surface area (Å²) in [6, 6.07) is 17.2. The highest BCUT2D eigenvalue weighted by Gasteiger charge is 2.06. The summed E-state index contributed by atoms with van der Waals surface area (Å²) in [6.45, 7) is 2.63. The molecule has 0 aliphatic carbocycles. The molecule has 0 saturated heterocycles. The summed E-state index contributed by atoms with van der Waals surface area (Å²) < 4.78 is 5.45. The van der Waals surface area contributed by atoms with Crippen LogP contribution in [0, 0.1) is 0 Å². The molecule has 0 atom stereocenters. The Morgan fingerprint density at radius 1 is 1.00 bits per heavy atom. The Morgan fingerprint density at radius 2 is 1.67 bits per heavy atom. The van der Waals surface area contributed by atoms with Crippen LogP contribution in [0.15, 0.2) is 90.8 Å². The van der Waals surface area contributed by atoms with Crippen LogP contribution in [0.4, 0.5) is 5.69 Å². The molecule has 1 aliphatic heterocycles. The zero-order valence-corrected chi connectivity index (χ0v) is 13.6. The fourth-order valence-corrected chi connectivity index (χ4v) is 2.42. The lowest BCUT2D eigenvalue weighted by Gasteiger charge is -2.19. The van der Waals surface area contributed by atoms with Gasteiger partial charge in [-0.05, 0) is 55.0 Å². The average molecular weight is 317 g/mol. The van der Waals surface area contributed by atoms with Crippen molar-refractivity contribution in [3.05, 3.63) is 96.4 Å². The summed E-state index contributed by atoms with van der Waals surface area (Å²) in [5, 5.41) is 0. The van der Waals surface area contributed by atoms with E-state index in [1.54, 1.807) is 6.08 Å². The summed E-state index contributed by atoms with van der Waals surface area (Å²) in [5.41, 5.74) is 2.62. The van der Waals surface area contributed by atoms with E-state index in [0.717, 1.165) is 17.0 Å². The highest BCUT2D eigenvalue weighted by Crippen LogP contribution is 2.23. The normalized spacial score (nSPS) is 13.0. The molecule has 24 heavy (non-hydrogen) atoms. The van der Waals surface area contributed by atoms with Crippen molar-refractivity contribution in [3.63, 3.8) is 0 Å². The molecule has 0 N–H and O–H groups in total. The third-order valence-corrected chi connectivity index (χ3v) is 3.66. The van der Waals surface area contributed by atoms with Gasteiger partial charge >= 0.3 is 0 Å². The molecule has 3 nitrogen and oxygen atoms in total. The van der Waals surface area contributed by atoms with Crippen molar-refractivity contribution >= 4 is 11.5 Å². The average Bonchev–Trinajstić information content (AvgIpc) is 2.64. The monoisotopic (exact) mass is 317 g/mol. The van der Waals surface area contributed by atoms with Crippen LogP contribution in [0.25, 0.3) is 0 Å². The lowest BCUT2D eigenvalue weighted by molar-refractivity contribution is 0.104. The van der Waals surface area contributed by atoms with E-state index >= 15 is 0 Å². The number of ether oxygens (including phenoxy) is 1. The van der Waals surface area contributed by atoms with Gasteiger partial charge in [0.2, 0.25) is 0 Å². The summed E-state index contributed by atoms with van der Waals surface area (Å²) in [4.78, 5) is 14.2. The molecule has 0 spiro atoms. The van der Waals surface area contributed by atoms with Crippen LogP contribution in [0.5, 0.6) is 5.75 Å². The zero-order chi connectivity index (χ0) is 16.8. The Bertz CT molecular complexity index is 770. The van der Waals surface area contributed by atoms with Gasteiger partial charge in [0.05, 0.1) is 6.61 Å². The summed E-state index contributed by atoms with van der Waals surface area (Å²) in [6.07, 6.45) is 9.39. The van der Waals surface area contributed by atoms with Gasteiger partial charge in [-0.25, -0.2) is 0 Å². The molecule has 0 saturated carbocycles. The third kappa shape index (κ3) is 3.82. The number of carbonyl (C=O) groups is 1. The number of ketones is 1. The van der Waals surface area contributed by atoms with E-state index in [-0.39, 0.29) is 5.78 Å². The van der Waals surface area contributed by atoms with Gasteiger partial charge < -0.3 is 9.64 Å². The van der Waals surface area contributed by atoms with Crippen molar-refractivity contribution in [2.75, 3.05) is 11.5 Å². The minimum Gasteiger partial charge on any atom is -0.494 e. The van der Waals surface area contributed by atoms with Crippen molar-refractivity contribution in [2.45, 2.75) is 6.92 Å². The van der Waals surface area contributed by atoms with Crippen LogP contribution >= 0.6 is 0 Å². The molecule has 3 heteroatoms. The van der Waals surface area contributed by atoms with Crippen molar-refractivity contribution in [3.8, 4) is 5.75 Å². The quantitative estimate of drug-likeness (QED) is 0.589. The van der Waals surface area contributed by atoms with E-state index in [4.69, 9.17) is 4.74 Å². The van der Waals surface area contributed by atoms with Crippen molar-refractivity contribution in [1.82, 2.24) is 0 Å². The second-order valence-electron chi connectivity index (χ2n) is 5.34. The molecule has 2 aromatic carbocycles. The summed E-state index contributed by atoms with van der Waals surface area (Å²) in [5.74, 6) is 0.870. The highest BCUT2D eigenvalue weighted by atomic mass is 16.5. The van der Waals surface area contributed by atoms with Crippen LogP contribution in [-0.4, -0.2) is 12.4 Å². The van der Waals surface area contributed by atoms with Crippen LogP contribution < -0.4 is 9.64 Å². The summed E-state index contributed by atoms with van der Waals surface area (Å²) >= 11 is 0. The minimum atomic E-state index is 0.00872. The first-order valence-electron chi connectivity index (χ1n) is 7.95. The molecule has 0 fully saturated rings. The van der Waals surface area contributed by atoms with Gasteiger partial charge in [0, 0.05) is 23.7 Å². The molecule has 2 aromatic rings. The van der Waals surface area contributed by atoms with E-state index in [0.29, 0.717) is 12.2 Å². The molecule has 0 radical (unpaired) electrons. The van der Waals surface area contributed by atoms with Gasteiger partial charge in [0.25, 0.3) is 0 Å². The van der Waals surface area contributed by atoms with E-state index < -0.39 is 0 Å². The SMILES string of the molecule is CCOc1ccc(N2C=CC(=CC(=O)c3ccccc3)C=C2)cc1. The molecular formula is C21H19NO2. The van der Waals surface area contributed by atoms with Gasteiger partial charge in [-0.1, -0.05) is 30.3 Å². The van der Waals surface area contributed by atoms with Gasteiger partial charge in [-0.3, -0.25) is 4.79 Å². The first kappa shape index (κ1) is 15.8. The molecule has 0 unspecified atom stereocenters. The number of benzene rings is 2. The molecule has 120 valence electrons. The first-order valence-corrected chi connectivity index (χ1v) is 7.95. The largest absolute Gasteiger partial charge is 0.494 e. The third-order valence-electron chi connectivity index (χ3n) is 3.66. The van der Waals surface area contributed by atoms with Gasteiger partial charge in [0.15, 0.2) is 5.78 Å². The van der Waals surface area contributed by atoms with E-state index in [1.165, 1.54) is 0 Å². The number of allylic oxidation sites excluding steroid dienone is 4. The fourth-order valence-electron chi connectivity index (χ4n) is 2.42. The Hall–Kier alpha value is -3.07. The Labute approximate surface area is 142 Å². The predicted molar refractivity (Wildman–Crippen MR) is 97.2 cm³/mol. The van der Waals surface area contributed by atoms with Crippen LogP contribution in [0.3, 0.4) is 0 Å².